The van der Waals surface area contributed by atoms with Crippen molar-refractivity contribution in [2.45, 2.75) is 19.5 Å². The standard InChI is InChI=1S/C11H12F2O2/c12-11(13)15-8-4-7-10(14)9-5-2-1-3-6-9/h1-3,5-6,11H,4,7-8H2. The number of hydrogen-bond acceptors (Lipinski definition) is 2. The van der Waals surface area contributed by atoms with Crippen molar-refractivity contribution < 1.29 is 18.3 Å². The Bertz CT molecular complexity index is 299. The molecule has 0 aromatic heterocycles. The molecule has 0 saturated heterocycles. The van der Waals surface area contributed by atoms with Crippen LogP contribution in [0.2, 0.25) is 0 Å². The minimum atomic E-state index is -2.75. The molecule has 0 aliphatic rings. The molecule has 0 bridgehead atoms. The first kappa shape index (κ1) is 11.8. The first-order chi connectivity index (χ1) is 7.20. The van der Waals surface area contributed by atoms with E-state index in [1.807, 2.05) is 6.07 Å². The highest BCUT2D eigenvalue weighted by atomic mass is 19.3. The maximum atomic E-state index is 11.6. The summed E-state index contributed by atoms with van der Waals surface area (Å²) in [5.74, 6) is -0.0477. The molecule has 0 saturated carbocycles. The molecule has 0 aliphatic carbocycles. The van der Waals surface area contributed by atoms with E-state index in [2.05, 4.69) is 4.74 Å². The average Bonchev–Trinajstić information content (AvgIpc) is 2.25. The van der Waals surface area contributed by atoms with E-state index >= 15 is 0 Å². The lowest BCUT2D eigenvalue weighted by atomic mass is 10.1. The Morgan fingerprint density at radius 1 is 1.27 bits per heavy atom. The van der Waals surface area contributed by atoms with Gasteiger partial charge >= 0.3 is 6.61 Å². The monoisotopic (exact) mass is 214 g/mol. The van der Waals surface area contributed by atoms with Crippen LogP contribution >= 0.6 is 0 Å². The zero-order valence-electron chi connectivity index (χ0n) is 8.16. The molecule has 0 fully saturated rings. The van der Waals surface area contributed by atoms with Gasteiger partial charge in [-0.1, -0.05) is 30.3 Å². The first-order valence-corrected chi connectivity index (χ1v) is 4.68. The van der Waals surface area contributed by atoms with Gasteiger partial charge in [0, 0.05) is 12.0 Å². The summed E-state index contributed by atoms with van der Waals surface area (Å²) in [6, 6.07) is 8.76. The van der Waals surface area contributed by atoms with Crippen LogP contribution in [0, 0.1) is 0 Å². The molecule has 0 aliphatic heterocycles. The fraction of sp³-hybridized carbons (Fsp3) is 0.364. The maximum absolute atomic E-state index is 11.6. The van der Waals surface area contributed by atoms with E-state index in [1.165, 1.54) is 0 Å². The van der Waals surface area contributed by atoms with E-state index in [0.29, 0.717) is 12.0 Å². The smallest absolute Gasteiger partial charge is 0.323 e. The zero-order chi connectivity index (χ0) is 11.1. The fourth-order valence-electron chi connectivity index (χ4n) is 1.17. The van der Waals surface area contributed by atoms with Gasteiger partial charge in [-0.2, -0.15) is 8.78 Å². The molecule has 0 spiro atoms. The molecule has 1 aromatic rings. The summed E-state index contributed by atoms with van der Waals surface area (Å²) in [7, 11) is 0. The van der Waals surface area contributed by atoms with Gasteiger partial charge in [-0.25, -0.2) is 0 Å². The molecule has 4 heteroatoms. The number of carbonyl (C=O) groups excluding carboxylic acids is 1. The third kappa shape index (κ3) is 4.65. The number of hydrogen-bond donors (Lipinski definition) is 0. The van der Waals surface area contributed by atoms with E-state index in [0.717, 1.165) is 0 Å². The van der Waals surface area contributed by atoms with E-state index < -0.39 is 6.61 Å². The number of rotatable bonds is 6. The molecule has 0 N–H and O–H groups in total. The number of alkyl halides is 2. The lowest BCUT2D eigenvalue weighted by Gasteiger charge is -2.02. The Balaban J connectivity index is 2.25. The SMILES string of the molecule is O=C(CCCOC(F)F)c1ccccc1. The zero-order valence-corrected chi connectivity index (χ0v) is 8.16. The number of Topliss-reactive ketones (excluding diaryl/α,β-unsaturated/α-hetero) is 1. The first-order valence-electron chi connectivity index (χ1n) is 4.68. The highest BCUT2D eigenvalue weighted by Gasteiger charge is 2.06. The topological polar surface area (TPSA) is 26.3 Å². The lowest BCUT2D eigenvalue weighted by molar-refractivity contribution is -0.129. The molecule has 1 aromatic carbocycles. The van der Waals surface area contributed by atoms with E-state index in [9.17, 15) is 13.6 Å². The van der Waals surface area contributed by atoms with Gasteiger partial charge in [0.05, 0.1) is 6.61 Å². The van der Waals surface area contributed by atoms with Gasteiger partial charge in [-0.05, 0) is 6.42 Å². The Kier molecular flexibility index (Phi) is 4.90. The molecule has 0 atom stereocenters. The van der Waals surface area contributed by atoms with Gasteiger partial charge < -0.3 is 4.74 Å². The van der Waals surface area contributed by atoms with Crippen molar-refractivity contribution in [2.24, 2.45) is 0 Å². The van der Waals surface area contributed by atoms with Crippen LogP contribution < -0.4 is 0 Å². The highest BCUT2D eigenvalue weighted by molar-refractivity contribution is 5.95. The van der Waals surface area contributed by atoms with Gasteiger partial charge in [-0.3, -0.25) is 4.79 Å². The number of carbonyl (C=O) groups is 1. The van der Waals surface area contributed by atoms with Crippen molar-refractivity contribution in [2.75, 3.05) is 6.61 Å². The van der Waals surface area contributed by atoms with Crippen LogP contribution in [0.3, 0.4) is 0 Å². The summed E-state index contributed by atoms with van der Waals surface area (Å²) >= 11 is 0. The molecular weight excluding hydrogens is 202 g/mol. The molecule has 0 unspecified atom stereocenters. The van der Waals surface area contributed by atoms with Gasteiger partial charge in [-0.15, -0.1) is 0 Å². The Morgan fingerprint density at radius 3 is 2.53 bits per heavy atom. The Hall–Kier alpha value is -1.29. The molecule has 1 rings (SSSR count). The van der Waals surface area contributed by atoms with Crippen molar-refractivity contribution >= 4 is 5.78 Å². The van der Waals surface area contributed by atoms with E-state index in [-0.39, 0.29) is 18.8 Å². The number of halogens is 2. The molecular formula is C11H12F2O2. The van der Waals surface area contributed by atoms with Gasteiger partial charge in [0.2, 0.25) is 0 Å². The summed E-state index contributed by atoms with van der Waals surface area (Å²) in [5.41, 5.74) is 0.606. The predicted octanol–water partition coefficient (Wildman–Crippen LogP) is 2.89. The van der Waals surface area contributed by atoms with Crippen LogP contribution in [0.4, 0.5) is 8.78 Å². The molecule has 2 nitrogen and oxygen atoms in total. The molecule has 82 valence electrons. The van der Waals surface area contributed by atoms with Gasteiger partial charge in [0.1, 0.15) is 0 Å². The second-order valence-corrected chi connectivity index (χ2v) is 3.02. The second-order valence-electron chi connectivity index (χ2n) is 3.02. The van der Waals surface area contributed by atoms with E-state index in [4.69, 9.17) is 0 Å². The largest absolute Gasteiger partial charge is 0.345 e. The minimum absolute atomic E-state index is 0.0477. The van der Waals surface area contributed by atoms with Crippen molar-refractivity contribution in [3.8, 4) is 0 Å². The highest BCUT2D eigenvalue weighted by Crippen LogP contribution is 2.06. The van der Waals surface area contributed by atoms with Crippen LogP contribution in [0.15, 0.2) is 30.3 Å². The second kappa shape index (κ2) is 6.24. The number of ketones is 1. The van der Waals surface area contributed by atoms with Crippen molar-refractivity contribution in [1.29, 1.82) is 0 Å². The molecule has 0 amide bonds. The van der Waals surface area contributed by atoms with Crippen LogP contribution in [0.25, 0.3) is 0 Å². The fourth-order valence-corrected chi connectivity index (χ4v) is 1.17. The molecule has 0 radical (unpaired) electrons. The van der Waals surface area contributed by atoms with Crippen molar-refractivity contribution in [3.63, 3.8) is 0 Å². The molecule has 15 heavy (non-hydrogen) atoms. The average molecular weight is 214 g/mol. The van der Waals surface area contributed by atoms with Crippen molar-refractivity contribution in [1.82, 2.24) is 0 Å². The quantitative estimate of drug-likeness (QED) is 0.537. The van der Waals surface area contributed by atoms with Crippen LogP contribution in [-0.2, 0) is 4.74 Å². The third-order valence-electron chi connectivity index (χ3n) is 1.89. The Labute approximate surface area is 86.9 Å². The maximum Gasteiger partial charge on any atom is 0.345 e. The summed E-state index contributed by atoms with van der Waals surface area (Å²) < 4.78 is 27.2. The van der Waals surface area contributed by atoms with Crippen molar-refractivity contribution in [3.05, 3.63) is 35.9 Å². The predicted molar refractivity (Wildman–Crippen MR) is 52.0 cm³/mol. The van der Waals surface area contributed by atoms with E-state index in [1.54, 1.807) is 24.3 Å². The minimum Gasteiger partial charge on any atom is -0.323 e. The number of ether oxygens (including phenoxy) is 1. The Morgan fingerprint density at radius 2 is 1.93 bits per heavy atom. The summed E-state index contributed by atoms with van der Waals surface area (Å²) in [6.45, 7) is -2.84. The molecule has 0 heterocycles. The summed E-state index contributed by atoms with van der Waals surface area (Å²) in [5, 5.41) is 0. The third-order valence-corrected chi connectivity index (χ3v) is 1.89. The van der Waals surface area contributed by atoms with Crippen LogP contribution in [0.1, 0.15) is 23.2 Å². The van der Waals surface area contributed by atoms with Crippen LogP contribution in [-0.4, -0.2) is 19.0 Å². The van der Waals surface area contributed by atoms with Gasteiger partial charge in [0.15, 0.2) is 5.78 Å². The number of benzene rings is 1. The summed E-state index contributed by atoms with van der Waals surface area (Å²) in [4.78, 5) is 11.4. The normalized spacial score (nSPS) is 10.6. The van der Waals surface area contributed by atoms with Gasteiger partial charge in [0.25, 0.3) is 0 Å². The van der Waals surface area contributed by atoms with Crippen LogP contribution in [0.5, 0.6) is 0 Å². The lowest BCUT2D eigenvalue weighted by Crippen LogP contribution is -2.04. The summed E-state index contributed by atoms with van der Waals surface area (Å²) in [6.07, 6.45) is 0.550.